The molecule has 0 aliphatic rings. The molecule has 0 aromatic carbocycles. The van der Waals surface area contributed by atoms with Gasteiger partial charge in [-0.25, -0.2) is 0 Å². The van der Waals surface area contributed by atoms with Crippen molar-refractivity contribution in [3.63, 3.8) is 0 Å². The molecule has 0 saturated carbocycles. The van der Waals surface area contributed by atoms with E-state index in [4.69, 9.17) is 20.3 Å². The highest BCUT2D eigenvalue weighted by molar-refractivity contribution is 7.52. The molecule has 8 nitrogen and oxygen atoms in total. The third-order valence-electron chi connectivity index (χ3n) is 2.69. The Morgan fingerprint density at radius 3 is 2.43 bits per heavy atom. The van der Waals surface area contributed by atoms with E-state index in [0.717, 1.165) is 0 Å². The lowest BCUT2D eigenvalue weighted by molar-refractivity contribution is -0.143. The van der Waals surface area contributed by atoms with Crippen LogP contribution in [0.3, 0.4) is 0 Å². The second-order valence-electron chi connectivity index (χ2n) is 4.62. The van der Waals surface area contributed by atoms with Crippen molar-refractivity contribution >= 4 is 19.5 Å². The number of hydrogen-bond donors (Lipinski definition) is 3. The first-order valence-corrected chi connectivity index (χ1v) is 8.24. The highest BCUT2D eigenvalue weighted by Gasteiger charge is 2.20. The summed E-state index contributed by atoms with van der Waals surface area (Å²) in [5.74, 6) is -0.833. The minimum absolute atomic E-state index is 0.166. The maximum Gasteiger partial charge on any atom is 0.329 e. The van der Waals surface area contributed by atoms with Crippen LogP contribution in [0.15, 0.2) is 11.6 Å². The number of rotatable bonds is 8. The molecule has 0 aliphatic carbocycles. The zero-order chi connectivity index (χ0) is 16.6. The SMILES string of the molecule is CCOC(=O)C(N)C=C(CCN(C)C(C)=O)CP(=O)(O)O. The predicted molar refractivity (Wildman–Crippen MR) is 77.5 cm³/mol. The minimum atomic E-state index is -4.29. The topological polar surface area (TPSA) is 130 Å². The molecule has 1 amide bonds. The van der Waals surface area contributed by atoms with Crippen LogP contribution in [0, 0.1) is 0 Å². The van der Waals surface area contributed by atoms with E-state index >= 15 is 0 Å². The van der Waals surface area contributed by atoms with Crippen molar-refractivity contribution in [2.75, 3.05) is 26.4 Å². The van der Waals surface area contributed by atoms with Gasteiger partial charge in [-0.3, -0.25) is 14.2 Å². The predicted octanol–water partition coefficient (Wildman–Crippen LogP) is -0.151. The van der Waals surface area contributed by atoms with Crippen LogP contribution in [-0.4, -0.2) is 59.0 Å². The lowest BCUT2D eigenvalue weighted by Crippen LogP contribution is -2.31. The Morgan fingerprint density at radius 2 is 2.00 bits per heavy atom. The Balaban J connectivity index is 4.92. The molecule has 1 atom stereocenters. The fraction of sp³-hybridized carbons (Fsp3) is 0.667. The Bertz CT molecular complexity index is 445. The van der Waals surface area contributed by atoms with Gasteiger partial charge in [-0.05, 0) is 13.3 Å². The van der Waals surface area contributed by atoms with Crippen molar-refractivity contribution in [2.45, 2.75) is 26.3 Å². The van der Waals surface area contributed by atoms with E-state index in [1.807, 2.05) is 0 Å². The second-order valence-corrected chi connectivity index (χ2v) is 6.26. The normalized spacial score (nSPS) is 13.7. The van der Waals surface area contributed by atoms with Crippen LogP contribution < -0.4 is 5.73 Å². The Kier molecular flexibility index (Phi) is 8.43. The third kappa shape index (κ3) is 9.36. The van der Waals surface area contributed by atoms with Crippen molar-refractivity contribution in [3.8, 4) is 0 Å². The number of ether oxygens (including phenoxy) is 1. The van der Waals surface area contributed by atoms with Crippen LogP contribution in [0.5, 0.6) is 0 Å². The van der Waals surface area contributed by atoms with Crippen molar-refractivity contribution in [2.24, 2.45) is 5.73 Å². The molecule has 0 heterocycles. The van der Waals surface area contributed by atoms with E-state index in [1.165, 1.54) is 17.9 Å². The summed E-state index contributed by atoms with van der Waals surface area (Å²) in [6.07, 6.45) is 0.991. The summed E-state index contributed by atoms with van der Waals surface area (Å²) >= 11 is 0. The molecule has 0 aromatic rings. The molecule has 4 N–H and O–H groups in total. The van der Waals surface area contributed by atoms with Crippen molar-refractivity contribution in [1.82, 2.24) is 4.90 Å². The average Bonchev–Trinajstić information content (AvgIpc) is 2.33. The molecule has 0 radical (unpaired) electrons. The van der Waals surface area contributed by atoms with E-state index in [1.54, 1.807) is 14.0 Å². The van der Waals surface area contributed by atoms with Crippen molar-refractivity contribution in [3.05, 3.63) is 11.6 Å². The fourth-order valence-corrected chi connectivity index (χ4v) is 2.30. The van der Waals surface area contributed by atoms with E-state index in [2.05, 4.69) is 0 Å². The molecule has 9 heteroatoms. The van der Waals surface area contributed by atoms with E-state index in [0.29, 0.717) is 5.57 Å². The first-order chi connectivity index (χ1) is 9.56. The van der Waals surface area contributed by atoms with Crippen molar-refractivity contribution < 1.29 is 28.7 Å². The molecule has 0 saturated heterocycles. The molecule has 0 aliphatic heterocycles. The molecule has 0 spiro atoms. The summed E-state index contributed by atoms with van der Waals surface area (Å²) in [6.45, 7) is 3.46. The molecular formula is C12H23N2O6P. The van der Waals surface area contributed by atoms with Gasteiger partial charge < -0.3 is 25.2 Å². The van der Waals surface area contributed by atoms with Gasteiger partial charge in [0.1, 0.15) is 6.04 Å². The fourth-order valence-electron chi connectivity index (χ4n) is 1.51. The summed E-state index contributed by atoms with van der Waals surface area (Å²) in [7, 11) is -2.71. The number of nitrogens with zero attached hydrogens (tertiary/aromatic N) is 1. The Morgan fingerprint density at radius 1 is 1.43 bits per heavy atom. The lowest BCUT2D eigenvalue weighted by Gasteiger charge is -2.17. The zero-order valence-electron chi connectivity index (χ0n) is 12.5. The molecule has 0 rings (SSSR count). The number of nitrogens with two attached hydrogens (primary N) is 1. The molecule has 21 heavy (non-hydrogen) atoms. The first-order valence-electron chi connectivity index (χ1n) is 6.45. The molecular weight excluding hydrogens is 299 g/mol. The van der Waals surface area contributed by atoms with E-state index in [9.17, 15) is 14.2 Å². The second kappa shape index (κ2) is 8.94. The van der Waals surface area contributed by atoms with Crippen LogP contribution in [0.4, 0.5) is 0 Å². The molecule has 0 bridgehead atoms. The third-order valence-corrected chi connectivity index (χ3v) is 3.51. The van der Waals surface area contributed by atoms with Crippen LogP contribution >= 0.6 is 7.60 Å². The number of hydrogen-bond acceptors (Lipinski definition) is 5. The first kappa shape index (κ1) is 19.8. The van der Waals surface area contributed by atoms with Crippen LogP contribution in [0.2, 0.25) is 0 Å². The molecule has 122 valence electrons. The van der Waals surface area contributed by atoms with Gasteiger partial charge in [0.25, 0.3) is 0 Å². The number of amides is 1. The minimum Gasteiger partial charge on any atom is -0.465 e. The van der Waals surface area contributed by atoms with E-state index in [-0.39, 0.29) is 25.5 Å². The van der Waals surface area contributed by atoms with Crippen LogP contribution in [0.25, 0.3) is 0 Å². The van der Waals surface area contributed by atoms with E-state index < -0.39 is 25.8 Å². The maximum atomic E-state index is 11.4. The maximum absolute atomic E-state index is 11.4. The number of carbonyl (C=O) groups excluding carboxylic acids is 2. The monoisotopic (exact) mass is 322 g/mol. The average molecular weight is 322 g/mol. The highest BCUT2D eigenvalue weighted by Crippen LogP contribution is 2.37. The van der Waals surface area contributed by atoms with Gasteiger partial charge in [0, 0.05) is 20.5 Å². The Labute approximate surface area is 124 Å². The number of carbonyl (C=O) groups is 2. The van der Waals surface area contributed by atoms with Gasteiger partial charge in [-0.2, -0.15) is 0 Å². The molecule has 0 aromatic heterocycles. The van der Waals surface area contributed by atoms with Gasteiger partial charge in [-0.1, -0.05) is 11.6 Å². The smallest absolute Gasteiger partial charge is 0.329 e. The summed E-state index contributed by atoms with van der Waals surface area (Å²) in [6, 6.07) is -1.09. The summed E-state index contributed by atoms with van der Waals surface area (Å²) < 4.78 is 15.8. The van der Waals surface area contributed by atoms with Crippen molar-refractivity contribution in [1.29, 1.82) is 0 Å². The number of esters is 1. The van der Waals surface area contributed by atoms with Gasteiger partial charge in [-0.15, -0.1) is 0 Å². The molecule has 1 unspecified atom stereocenters. The highest BCUT2D eigenvalue weighted by atomic mass is 31.2. The van der Waals surface area contributed by atoms with Gasteiger partial charge in [0.2, 0.25) is 5.91 Å². The van der Waals surface area contributed by atoms with Gasteiger partial charge >= 0.3 is 13.6 Å². The quantitative estimate of drug-likeness (QED) is 0.322. The van der Waals surface area contributed by atoms with Gasteiger partial charge in [0.15, 0.2) is 0 Å². The summed E-state index contributed by atoms with van der Waals surface area (Å²) in [5, 5.41) is 0. The zero-order valence-corrected chi connectivity index (χ0v) is 13.4. The molecule has 0 fully saturated rings. The van der Waals surface area contributed by atoms with Crippen LogP contribution in [-0.2, 0) is 18.9 Å². The Hall–Kier alpha value is -1.21. The lowest BCUT2D eigenvalue weighted by atomic mass is 10.1. The summed E-state index contributed by atoms with van der Waals surface area (Å²) in [4.78, 5) is 42.1. The van der Waals surface area contributed by atoms with Crippen LogP contribution in [0.1, 0.15) is 20.3 Å². The van der Waals surface area contributed by atoms with Gasteiger partial charge in [0.05, 0.1) is 12.8 Å². The summed E-state index contributed by atoms with van der Waals surface area (Å²) in [5.41, 5.74) is 5.92. The largest absolute Gasteiger partial charge is 0.465 e. The standard InChI is InChI=1S/C12H23N2O6P/c1-4-20-12(16)11(13)7-10(8-21(17,18)19)5-6-14(3)9(2)15/h7,11H,4-6,8,13H2,1-3H3,(H2,17,18,19).